The molecule has 0 saturated heterocycles. The minimum Gasteiger partial charge on any atom is -0.394 e. The van der Waals surface area contributed by atoms with E-state index in [1.54, 1.807) is 7.11 Å². The summed E-state index contributed by atoms with van der Waals surface area (Å²) < 4.78 is 5.38. The van der Waals surface area contributed by atoms with Crippen molar-refractivity contribution in [2.75, 3.05) is 13.7 Å². The van der Waals surface area contributed by atoms with Gasteiger partial charge in [-0.15, -0.1) is 0 Å². The number of hydrogen-bond donors (Lipinski definition) is 2. The average molecular weight is 251 g/mol. The van der Waals surface area contributed by atoms with Gasteiger partial charge in [-0.1, -0.05) is 29.8 Å². The number of ether oxygens (including phenoxy) is 1. The monoisotopic (exact) mass is 251 g/mol. The van der Waals surface area contributed by atoms with Crippen LogP contribution in [0.2, 0.25) is 0 Å². The molecular weight excluding hydrogens is 226 g/mol. The van der Waals surface area contributed by atoms with Crippen molar-refractivity contribution < 1.29 is 9.84 Å². The second kappa shape index (κ2) is 6.32. The highest BCUT2D eigenvalue weighted by molar-refractivity contribution is 5.25. The van der Waals surface area contributed by atoms with E-state index in [4.69, 9.17) is 4.74 Å². The van der Waals surface area contributed by atoms with Crippen molar-refractivity contribution in [2.45, 2.75) is 45.4 Å². The van der Waals surface area contributed by atoms with Crippen molar-refractivity contribution in [1.29, 1.82) is 0 Å². The van der Waals surface area contributed by atoms with E-state index in [0.717, 1.165) is 5.56 Å². The minimum absolute atomic E-state index is 0.00186. The van der Waals surface area contributed by atoms with Crippen LogP contribution in [0.3, 0.4) is 0 Å². The second-order valence-corrected chi connectivity index (χ2v) is 5.74. The lowest BCUT2D eigenvalue weighted by atomic mass is 9.96. The van der Waals surface area contributed by atoms with Crippen molar-refractivity contribution >= 4 is 0 Å². The van der Waals surface area contributed by atoms with E-state index in [9.17, 15) is 5.11 Å². The zero-order chi connectivity index (χ0) is 13.8. The Kier molecular flexibility index (Phi) is 5.32. The van der Waals surface area contributed by atoms with Crippen molar-refractivity contribution in [1.82, 2.24) is 5.32 Å². The first kappa shape index (κ1) is 15.2. The van der Waals surface area contributed by atoms with Crippen LogP contribution < -0.4 is 5.32 Å². The van der Waals surface area contributed by atoms with E-state index >= 15 is 0 Å². The summed E-state index contributed by atoms with van der Waals surface area (Å²) in [5.41, 5.74) is 2.32. The first-order valence-electron chi connectivity index (χ1n) is 6.35. The van der Waals surface area contributed by atoms with Gasteiger partial charge in [0.1, 0.15) is 0 Å². The van der Waals surface area contributed by atoms with E-state index in [1.165, 1.54) is 5.56 Å². The number of aliphatic hydroxyl groups excluding tert-OH is 1. The number of hydrogen-bond acceptors (Lipinski definition) is 3. The zero-order valence-electron chi connectivity index (χ0n) is 12.0. The number of methoxy groups -OCH3 is 1. The lowest BCUT2D eigenvalue weighted by molar-refractivity contribution is 0.0149. The van der Waals surface area contributed by atoms with Gasteiger partial charge in [-0.05, 0) is 33.3 Å². The first-order chi connectivity index (χ1) is 8.37. The summed E-state index contributed by atoms with van der Waals surface area (Å²) in [6.45, 7) is 8.39. The molecule has 0 heterocycles. The van der Waals surface area contributed by atoms with E-state index < -0.39 is 0 Å². The first-order valence-corrected chi connectivity index (χ1v) is 6.35. The Balaban J connectivity index is 2.99. The molecule has 0 unspecified atom stereocenters. The van der Waals surface area contributed by atoms with E-state index in [1.807, 2.05) is 0 Å². The molecule has 2 N–H and O–H groups in total. The summed E-state index contributed by atoms with van der Waals surface area (Å²) in [6, 6.07) is 8.31. The topological polar surface area (TPSA) is 41.5 Å². The normalized spacial score (nSPS) is 15.4. The molecule has 0 aliphatic heterocycles. The van der Waals surface area contributed by atoms with Crippen molar-refractivity contribution in [2.24, 2.45) is 0 Å². The van der Waals surface area contributed by atoms with Gasteiger partial charge in [0.05, 0.1) is 18.8 Å². The molecule has 0 aliphatic rings. The number of benzene rings is 1. The molecule has 3 nitrogen and oxygen atoms in total. The Bertz CT molecular complexity index is 350. The lowest BCUT2D eigenvalue weighted by Gasteiger charge is -2.33. The van der Waals surface area contributed by atoms with Crippen LogP contribution in [0.1, 0.15) is 37.9 Å². The lowest BCUT2D eigenvalue weighted by Crippen LogP contribution is -2.45. The fourth-order valence-electron chi connectivity index (χ4n) is 1.95. The maximum atomic E-state index is 9.44. The van der Waals surface area contributed by atoms with E-state index in [-0.39, 0.29) is 24.3 Å². The summed E-state index contributed by atoms with van der Waals surface area (Å²) in [5, 5.41) is 13.0. The molecule has 102 valence electrons. The molecule has 3 heteroatoms. The molecule has 2 atom stereocenters. The van der Waals surface area contributed by atoms with Crippen LogP contribution in [0, 0.1) is 6.92 Å². The van der Waals surface area contributed by atoms with Gasteiger partial charge in [0.2, 0.25) is 0 Å². The van der Waals surface area contributed by atoms with Crippen LogP contribution in [0.4, 0.5) is 0 Å². The van der Waals surface area contributed by atoms with Crippen LogP contribution in [0.5, 0.6) is 0 Å². The van der Waals surface area contributed by atoms with Crippen molar-refractivity contribution in [3.8, 4) is 0 Å². The second-order valence-electron chi connectivity index (χ2n) is 5.74. The Hall–Kier alpha value is -0.900. The Morgan fingerprint density at radius 1 is 1.22 bits per heavy atom. The number of rotatable bonds is 5. The number of aryl methyl sites for hydroxylation is 1. The quantitative estimate of drug-likeness (QED) is 0.844. The van der Waals surface area contributed by atoms with Gasteiger partial charge in [-0.3, -0.25) is 0 Å². The molecule has 0 aromatic heterocycles. The zero-order valence-corrected chi connectivity index (χ0v) is 12.0. The fraction of sp³-hybridized carbons (Fsp3) is 0.600. The van der Waals surface area contributed by atoms with Crippen LogP contribution in [0.15, 0.2) is 24.3 Å². The highest BCUT2D eigenvalue weighted by Crippen LogP contribution is 2.22. The maximum absolute atomic E-state index is 9.44. The number of aliphatic hydroxyl groups is 1. The van der Waals surface area contributed by atoms with Crippen LogP contribution in [-0.4, -0.2) is 30.5 Å². The standard InChI is InChI=1S/C15H25NO2/c1-11-6-8-12(9-7-11)14(13(10-17)18-5)16-15(2,3)4/h6-9,13-14,16-17H,10H2,1-5H3/t13-,14+/m1/s1. The third-order valence-electron chi connectivity index (χ3n) is 2.88. The maximum Gasteiger partial charge on any atom is 0.0996 e. The predicted molar refractivity (Wildman–Crippen MR) is 74.7 cm³/mol. The molecule has 0 fully saturated rings. The molecule has 0 radical (unpaired) electrons. The van der Waals surface area contributed by atoms with Gasteiger partial charge in [-0.2, -0.15) is 0 Å². The smallest absolute Gasteiger partial charge is 0.0996 e. The third-order valence-corrected chi connectivity index (χ3v) is 2.88. The number of nitrogens with one attached hydrogen (secondary N) is 1. The predicted octanol–water partition coefficient (Wildman–Crippen LogP) is 2.43. The molecule has 0 spiro atoms. The van der Waals surface area contributed by atoms with Crippen molar-refractivity contribution in [3.05, 3.63) is 35.4 Å². The third kappa shape index (κ3) is 4.41. The summed E-state index contributed by atoms with van der Waals surface area (Å²) in [7, 11) is 1.63. The van der Waals surface area contributed by atoms with Crippen LogP contribution in [-0.2, 0) is 4.74 Å². The van der Waals surface area contributed by atoms with Crippen molar-refractivity contribution in [3.63, 3.8) is 0 Å². The molecule has 0 saturated carbocycles. The molecule has 1 aromatic rings. The summed E-state index contributed by atoms with van der Waals surface area (Å²) in [4.78, 5) is 0. The van der Waals surface area contributed by atoms with E-state index in [2.05, 4.69) is 57.3 Å². The Morgan fingerprint density at radius 3 is 2.17 bits per heavy atom. The Labute approximate surface area is 110 Å². The minimum atomic E-state index is -0.244. The fourth-order valence-corrected chi connectivity index (χ4v) is 1.95. The van der Waals surface area contributed by atoms with Crippen LogP contribution in [0.25, 0.3) is 0 Å². The molecule has 0 aliphatic carbocycles. The average Bonchev–Trinajstić information content (AvgIpc) is 2.29. The van der Waals surface area contributed by atoms with E-state index in [0.29, 0.717) is 0 Å². The van der Waals surface area contributed by atoms with Gasteiger partial charge < -0.3 is 15.2 Å². The molecule has 18 heavy (non-hydrogen) atoms. The molecule has 1 rings (SSSR count). The van der Waals surface area contributed by atoms with Gasteiger partial charge >= 0.3 is 0 Å². The Morgan fingerprint density at radius 2 is 1.78 bits per heavy atom. The largest absolute Gasteiger partial charge is 0.394 e. The SMILES string of the molecule is CO[C@H](CO)[C@@H](NC(C)(C)C)c1ccc(C)cc1. The molecule has 0 bridgehead atoms. The highest BCUT2D eigenvalue weighted by Gasteiger charge is 2.26. The van der Waals surface area contributed by atoms with Gasteiger partial charge in [0, 0.05) is 12.6 Å². The summed E-state index contributed by atoms with van der Waals surface area (Å²) in [5.74, 6) is 0. The summed E-state index contributed by atoms with van der Waals surface area (Å²) >= 11 is 0. The summed E-state index contributed by atoms with van der Waals surface area (Å²) in [6.07, 6.45) is -0.244. The van der Waals surface area contributed by atoms with Crippen LogP contribution >= 0.6 is 0 Å². The highest BCUT2D eigenvalue weighted by atomic mass is 16.5. The molecule has 1 aromatic carbocycles. The van der Waals surface area contributed by atoms with Gasteiger partial charge in [0.15, 0.2) is 0 Å². The van der Waals surface area contributed by atoms with Gasteiger partial charge in [-0.25, -0.2) is 0 Å². The van der Waals surface area contributed by atoms with Gasteiger partial charge in [0.25, 0.3) is 0 Å². The molecular formula is C15H25NO2. The molecule has 0 amide bonds.